The van der Waals surface area contributed by atoms with Crippen molar-refractivity contribution in [2.24, 2.45) is 0 Å². The van der Waals surface area contributed by atoms with Gasteiger partial charge in [-0.3, -0.25) is 19.3 Å². The molecule has 3 aromatic carbocycles. The molecule has 8 rings (SSSR count). The summed E-state index contributed by atoms with van der Waals surface area (Å²) in [5.74, 6) is 1.72. The minimum Gasteiger partial charge on any atom is -0.436 e. The number of aromatic nitrogens is 3. The van der Waals surface area contributed by atoms with E-state index in [1.54, 1.807) is 11.1 Å². The van der Waals surface area contributed by atoms with Gasteiger partial charge in [0.1, 0.15) is 17.9 Å². The van der Waals surface area contributed by atoms with E-state index in [9.17, 15) is 14.4 Å². The van der Waals surface area contributed by atoms with Gasteiger partial charge >= 0.3 is 0 Å². The summed E-state index contributed by atoms with van der Waals surface area (Å²) in [4.78, 5) is 59.7. The number of amides is 3. The van der Waals surface area contributed by atoms with Gasteiger partial charge in [-0.1, -0.05) is 54.6 Å². The van der Waals surface area contributed by atoms with Crippen molar-refractivity contribution in [2.45, 2.75) is 70.0 Å². The molecule has 2 aromatic heterocycles. The molecule has 1 aliphatic carbocycles. The second-order valence-corrected chi connectivity index (χ2v) is 15.0. The lowest BCUT2D eigenvalue weighted by Crippen LogP contribution is -2.51. The molecule has 0 bridgehead atoms. The highest BCUT2D eigenvalue weighted by Gasteiger charge is 2.39. The summed E-state index contributed by atoms with van der Waals surface area (Å²) in [7, 11) is 3.84. The number of imidazole rings is 1. The highest BCUT2D eigenvalue weighted by atomic mass is 16.4. The van der Waals surface area contributed by atoms with E-state index in [2.05, 4.69) is 21.4 Å². The molecule has 2 saturated heterocycles. The smallest absolute Gasteiger partial charge is 0.247 e. The van der Waals surface area contributed by atoms with Crippen LogP contribution < -0.4 is 5.32 Å². The monoisotopic (exact) mass is 737 g/mol. The van der Waals surface area contributed by atoms with Gasteiger partial charge in [0.25, 0.3) is 0 Å². The number of benzene rings is 3. The minimum atomic E-state index is -0.546. The first-order valence-corrected chi connectivity index (χ1v) is 19.3. The first kappa shape index (κ1) is 36.2. The number of carbonyl (C=O) groups is 3. The lowest BCUT2D eigenvalue weighted by molar-refractivity contribution is -0.139. The van der Waals surface area contributed by atoms with Gasteiger partial charge in [0, 0.05) is 29.9 Å². The van der Waals surface area contributed by atoms with E-state index in [-0.39, 0.29) is 23.8 Å². The Bertz CT molecular complexity index is 2290. The van der Waals surface area contributed by atoms with Crippen molar-refractivity contribution < 1.29 is 18.8 Å². The fraction of sp³-hybridized carbons (Fsp3) is 0.341. The van der Waals surface area contributed by atoms with Crippen LogP contribution in [0.25, 0.3) is 33.8 Å². The number of carbonyl (C=O) groups excluding carboxylic acids is 3. The third-order valence-electron chi connectivity index (χ3n) is 11.2. The number of H-pyrrole nitrogens is 1. The van der Waals surface area contributed by atoms with E-state index in [0.717, 1.165) is 83.3 Å². The summed E-state index contributed by atoms with van der Waals surface area (Å²) in [6.45, 7) is 3.21. The topological polar surface area (TPSA) is 128 Å². The maximum Gasteiger partial charge on any atom is 0.247 e. The van der Waals surface area contributed by atoms with Crippen LogP contribution in [0.15, 0.2) is 101 Å². The second kappa shape index (κ2) is 15.5. The molecule has 55 heavy (non-hydrogen) atoms. The van der Waals surface area contributed by atoms with Gasteiger partial charge in [-0.2, -0.15) is 0 Å². The quantitative estimate of drug-likeness (QED) is 0.155. The lowest BCUT2D eigenvalue weighted by atomic mass is 9.95. The number of likely N-dealkylation sites (N-methyl/N-ethyl adjacent to an activating group) is 1. The number of hydrogen-bond acceptors (Lipinski definition) is 7. The number of nitrogens with one attached hydrogen (secondary N) is 2. The summed E-state index contributed by atoms with van der Waals surface area (Å²) < 4.78 is 6.33. The zero-order valence-electron chi connectivity index (χ0n) is 31.6. The molecule has 3 aliphatic rings. The fourth-order valence-electron chi connectivity index (χ4n) is 8.33. The maximum atomic E-state index is 13.9. The normalized spacial score (nSPS) is 18.9. The Kier molecular flexibility index (Phi) is 10.2. The molecule has 5 aromatic rings. The van der Waals surface area contributed by atoms with E-state index in [1.807, 2.05) is 110 Å². The molecule has 11 heteroatoms. The van der Waals surface area contributed by atoms with Crippen molar-refractivity contribution in [1.29, 1.82) is 0 Å². The molecule has 3 amide bonds. The molecule has 282 valence electrons. The summed E-state index contributed by atoms with van der Waals surface area (Å²) in [6.07, 6.45) is 13.2. The third-order valence-corrected chi connectivity index (χ3v) is 11.2. The Morgan fingerprint density at radius 2 is 1.82 bits per heavy atom. The Balaban J connectivity index is 0.967. The number of oxazole rings is 1. The predicted molar refractivity (Wildman–Crippen MR) is 213 cm³/mol. The zero-order chi connectivity index (χ0) is 38.1. The first-order chi connectivity index (χ1) is 26.7. The molecule has 0 spiro atoms. The van der Waals surface area contributed by atoms with Gasteiger partial charge in [0.15, 0.2) is 5.76 Å². The second-order valence-electron chi connectivity index (χ2n) is 15.0. The SMILES string of the molecule is Cc1c(NC(=O)[C@@H]2CCCN2C(=O)[C@@H](C2=CC=CCC2)N(C)C)cccc1-c1ncc(-c2ccc3nc([C@@H]4CCCN4C(=O)Cc4ccccc4)[nH]c3c2)o1. The zero-order valence-corrected chi connectivity index (χ0v) is 31.6. The fourth-order valence-corrected chi connectivity index (χ4v) is 8.33. The number of allylic oxidation sites excluding steroid dienone is 3. The van der Waals surface area contributed by atoms with Gasteiger partial charge in [0.05, 0.1) is 29.7 Å². The Morgan fingerprint density at radius 1 is 1.00 bits per heavy atom. The first-order valence-electron chi connectivity index (χ1n) is 19.3. The lowest BCUT2D eigenvalue weighted by Gasteiger charge is -2.33. The van der Waals surface area contributed by atoms with Gasteiger partial charge in [0.2, 0.25) is 23.6 Å². The Morgan fingerprint density at radius 3 is 2.62 bits per heavy atom. The number of likely N-dealkylation sites (tertiary alicyclic amines) is 2. The van der Waals surface area contributed by atoms with Crippen molar-refractivity contribution in [3.8, 4) is 22.8 Å². The molecule has 4 heterocycles. The minimum absolute atomic E-state index is 0.0269. The van der Waals surface area contributed by atoms with Crippen LogP contribution in [-0.2, 0) is 20.8 Å². The van der Waals surface area contributed by atoms with Crippen LogP contribution in [0, 0.1) is 6.92 Å². The largest absolute Gasteiger partial charge is 0.436 e. The molecular weight excluding hydrogens is 691 g/mol. The average molecular weight is 738 g/mol. The van der Waals surface area contributed by atoms with Crippen LogP contribution in [0.2, 0.25) is 0 Å². The van der Waals surface area contributed by atoms with Crippen molar-refractivity contribution in [2.75, 3.05) is 32.5 Å². The van der Waals surface area contributed by atoms with Gasteiger partial charge < -0.3 is 24.5 Å². The number of nitrogens with zero attached hydrogens (tertiary/aromatic N) is 5. The Labute approximate surface area is 321 Å². The molecule has 3 atom stereocenters. The van der Waals surface area contributed by atoms with Gasteiger partial charge in [-0.25, -0.2) is 9.97 Å². The molecule has 0 unspecified atom stereocenters. The van der Waals surface area contributed by atoms with Crippen LogP contribution in [0.1, 0.15) is 61.5 Å². The average Bonchev–Trinajstić information content (AvgIpc) is 4.02. The van der Waals surface area contributed by atoms with E-state index in [0.29, 0.717) is 36.7 Å². The number of aromatic amines is 1. The molecule has 2 fully saturated rings. The van der Waals surface area contributed by atoms with Crippen molar-refractivity contribution >= 4 is 34.4 Å². The van der Waals surface area contributed by atoms with Crippen LogP contribution in [0.3, 0.4) is 0 Å². The standard InChI is InChI=1S/C44H47N7O4/c1-28-32(17-10-18-33(28)48-42(53)37-20-12-24-51(37)44(54)40(49(2)3)30-15-8-5-9-16-30)43-45-27-38(55-43)31-21-22-34-35(26-31)47-41(46-34)36-19-11-23-50(36)39(52)25-29-13-6-4-7-14-29/h4-8,10,13-15,17-18,21-22,26-27,36-37,40H,9,11-12,16,19-20,23-25H2,1-3H3,(H,46,47)(H,48,53)/t36-,37-,40+/m0/s1. The van der Waals surface area contributed by atoms with Crippen molar-refractivity contribution in [3.63, 3.8) is 0 Å². The van der Waals surface area contributed by atoms with E-state index < -0.39 is 12.1 Å². The highest BCUT2D eigenvalue weighted by Crippen LogP contribution is 2.35. The number of rotatable bonds is 10. The summed E-state index contributed by atoms with van der Waals surface area (Å²) in [5, 5.41) is 3.12. The summed E-state index contributed by atoms with van der Waals surface area (Å²) >= 11 is 0. The number of hydrogen-bond donors (Lipinski definition) is 2. The van der Waals surface area contributed by atoms with Gasteiger partial charge in [-0.05, 0) is 107 Å². The van der Waals surface area contributed by atoms with Crippen LogP contribution in [-0.4, -0.2) is 86.6 Å². The van der Waals surface area contributed by atoms with Crippen LogP contribution in [0.5, 0.6) is 0 Å². The molecule has 2 aliphatic heterocycles. The van der Waals surface area contributed by atoms with E-state index in [4.69, 9.17) is 9.40 Å². The molecular formula is C44H47N7O4. The Hall–Kier alpha value is -5.81. The highest BCUT2D eigenvalue weighted by molar-refractivity contribution is 5.99. The molecule has 2 N–H and O–H groups in total. The third kappa shape index (κ3) is 7.36. The van der Waals surface area contributed by atoms with Gasteiger partial charge in [-0.15, -0.1) is 0 Å². The summed E-state index contributed by atoms with van der Waals surface area (Å²) in [5.41, 5.74) is 6.85. The maximum absolute atomic E-state index is 13.9. The van der Waals surface area contributed by atoms with Crippen molar-refractivity contribution in [3.05, 3.63) is 114 Å². The van der Waals surface area contributed by atoms with Crippen LogP contribution in [0.4, 0.5) is 5.69 Å². The summed E-state index contributed by atoms with van der Waals surface area (Å²) in [6, 6.07) is 20.4. The molecule has 11 nitrogen and oxygen atoms in total. The van der Waals surface area contributed by atoms with Crippen molar-refractivity contribution in [1.82, 2.24) is 29.7 Å². The predicted octanol–water partition coefficient (Wildman–Crippen LogP) is 7.24. The molecule has 0 radical (unpaired) electrons. The van der Waals surface area contributed by atoms with E-state index in [1.165, 1.54) is 0 Å². The van der Waals surface area contributed by atoms with Crippen LogP contribution >= 0.6 is 0 Å². The number of anilines is 1. The molecule has 0 saturated carbocycles. The van der Waals surface area contributed by atoms with E-state index >= 15 is 0 Å². The number of fused-ring (bicyclic) bond motifs is 1.